The molecular formula is C16H27N5S. The quantitative estimate of drug-likeness (QED) is 0.477. The second kappa shape index (κ2) is 9.56. The van der Waals surface area contributed by atoms with Crippen molar-refractivity contribution in [2.24, 2.45) is 4.99 Å². The van der Waals surface area contributed by atoms with Crippen LogP contribution in [0.5, 0.6) is 0 Å². The Balaban J connectivity index is 1.72. The SMILES string of the molecule is CN=C(NCCCSC)NC1CCN(c2ccccn2)CC1. The molecule has 0 aliphatic carbocycles. The first kappa shape index (κ1) is 16.9. The van der Waals surface area contributed by atoms with Gasteiger partial charge in [-0.15, -0.1) is 0 Å². The summed E-state index contributed by atoms with van der Waals surface area (Å²) in [5.41, 5.74) is 0. The molecular weight excluding hydrogens is 294 g/mol. The lowest BCUT2D eigenvalue weighted by molar-refractivity contribution is 0.459. The maximum absolute atomic E-state index is 4.43. The molecule has 2 rings (SSSR count). The zero-order valence-corrected chi connectivity index (χ0v) is 14.4. The standard InChI is InChI=1S/C16H27N5S/c1-17-16(19-10-5-13-22-2)20-14-7-11-21(12-8-14)15-6-3-4-9-18-15/h3-4,6,9,14H,5,7-8,10-13H2,1-2H3,(H2,17,19,20). The summed E-state index contributed by atoms with van der Waals surface area (Å²) in [5.74, 6) is 3.20. The number of nitrogens with zero attached hydrogens (tertiary/aromatic N) is 3. The summed E-state index contributed by atoms with van der Waals surface area (Å²) < 4.78 is 0. The molecule has 0 aromatic carbocycles. The van der Waals surface area contributed by atoms with E-state index in [1.54, 1.807) is 0 Å². The van der Waals surface area contributed by atoms with E-state index in [1.807, 2.05) is 37.1 Å². The van der Waals surface area contributed by atoms with Crippen molar-refractivity contribution in [3.63, 3.8) is 0 Å². The third kappa shape index (κ3) is 5.40. The van der Waals surface area contributed by atoms with Gasteiger partial charge in [-0.1, -0.05) is 6.07 Å². The van der Waals surface area contributed by atoms with Gasteiger partial charge in [-0.3, -0.25) is 4.99 Å². The molecule has 0 radical (unpaired) electrons. The molecule has 5 nitrogen and oxygen atoms in total. The van der Waals surface area contributed by atoms with Crippen LogP contribution in [-0.2, 0) is 0 Å². The lowest BCUT2D eigenvalue weighted by atomic mass is 10.1. The lowest BCUT2D eigenvalue weighted by Crippen LogP contribution is -2.49. The zero-order valence-electron chi connectivity index (χ0n) is 13.6. The molecule has 0 spiro atoms. The highest BCUT2D eigenvalue weighted by Gasteiger charge is 2.20. The van der Waals surface area contributed by atoms with Gasteiger partial charge in [0.25, 0.3) is 0 Å². The molecule has 122 valence electrons. The molecule has 1 aromatic heterocycles. The summed E-state index contributed by atoms with van der Waals surface area (Å²) in [6.45, 7) is 3.06. The van der Waals surface area contributed by atoms with Crippen LogP contribution in [-0.4, -0.2) is 55.7 Å². The smallest absolute Gasteiger partial charge is 0.191 e. The summed E-state index contributed by atoms with van der Waals surface area (Å²) >= 11 is 1.88. The second-order valence-electron chi connectivity index (χ2n) is 5.44. The average Bonchev–Trinajstić information content (AvgIpc) is 2.59. The van der Waals surface area contributed by atoms with E-state index < -0.39 is 0 Å². The van der Waals surface area contributed by atoms with E-state index in [0.717, 1.165) is 44.3 Å². The minimum atomic E-state index is 0.492. The Hall–Kier alpha value is -1.43. The van der Waals surface area contributed by atoms with Gasteiger partial charge in [0.05, 0.1) is 0 Å². The van der Waals surface area contributed by atoms with E-state index in [4.69, 9.17) is 0 Å². The lowest BCUT2D eigenvalue weighted by Gasteiger charge is -2.33. The van der Waals surface area contributed by atoms with Crippen LogP contribution in [0.2, 0.25) is 0 Å². The highest BCUT2D eigenvalue weighted by atomic mass is 32.2. The first-order valence-corrected chi connectivity index (χ1v) is 9.35. The Labute approximate surface area is 138 Å². The summed E-state index contributed by atoms with van der Waals surface area (Å²) in [6, 6.07) is 6.59. The summed E-state index contributed by atoms with van der Waals surface area (Å²) in [6.07, 6.45) is 7.40. The van der Waals surface area contributed by atoms with Gasteiger partial charge in [-0.2, -0.15) is 11.8 Å². The van der Waals surface area contributed by atoms with E-state index in [2.05, 4.69) is 37.8 Å². The first-order valence-electron chi connectivity index (χ1n) is 7.95. The molecule has 2 heterocycles. The summed E-state index contributed by atoms with van der Waals surface area (Å²) in [4.78, 5) is 11.1. The van der Waals surface area contributed by atoms with Gasteiger partial charge in [0.2, 0.25) is 0 Å². The van der Waals surface area contributed by atoms with Gasteiger partial charge < -0.3 is 15.5 Å². The van der Waals surface area contributed by atoms with Gasteiger partial charge in [-0.25, -0.2) is 4.98 Å². The number of thioether (sulfide) groups is 1. The fourth-order valence-electron chi connectivity index (χ4n) is 2.61. The fourth-order valence-corrected chi connectivity index (χ4v) is 3.04. The number of guanidine groups is 1. The minimum Gasteiger partial charge on any atom is -0.356 e. The van der Waals surface area contributed by atoms with Crippen molar-refractivity contribution in [3.8, 4) is 0 Å². The van der Waals surface area contributed by atoms with Gasteiger partial charge in [0, 0.05) is 38.9 Å². The number of aliphatic imine (C=N–C) groups is 1. The molecule has 0 amide bonds. The number of pyridine rings is 1. The molecule has 0 bridgehead atoms. The molecule has 6 heteroatoms. The van der Waals surface area contributed by atoms with E-state index in [1.165, 1.54) is 12.2 Å². The van der Waals surface area contributed by atoms with E-state index in [-0.39, 0.29) is 0 Å². The van der Waals surface area contributed by atoms with Crippen LogP contribution < -0.4 is 15.5 Å². The molecule has 2 N–H and O–H groups in total. The topological polar surface area (TPSA) is 52.6 Å². The minimum absolute atomic E-state index is 0.492. The van der Waals surface area contributed by atoms with Crippen molar-refractivity contribution in [2.45, 2.75) is 25.3 Å². The van der Waals surface area contributed by atoms with Gasteiger partial charge in [-0.05, 0) is 43.4 Å². The first-order chi connectivity index (χ1) is 10.8. The van der Waals surface area contributed by atoms with E-state index >= 15 is 0 Å². The van der Waals surface area contributed by atoms with Crippen LogP contribution in [0, 0.1) is 0 Å². The van der Waals surface area contributed by atoms with Crippen molar-refractivity contribution < 1.29 is 0 Å². The number of hydrogen-bond donors (Lipinski definition) is 2. The Morgan fingerprint density at radius 2 is 2.23 bits per heavy atom. The van der Waals surface area contributed by atoms with Crippen LogP contribution in [0.3, 0.4) is 0 Å². The Morgan fingerprint density at radius 1 is 1.41 bits per heavy atom. The predicted molar refractivity (Wildman–Crippen MR) is 97.0 cm³/mol. The molecule has 0 unspecified atom stereocenters. The molecule has 1 fully saturated rings. The maximum Gasteiger partial charge on any atom is 0.191 e. The molecule has 1 aliphatic rings. The highest BCUT2D eigenvalue weighted by Crippen LogP contribution is 2.17. The van der Waals surface area contributed by atoms with Crippen molar-refractivity contribution >= 4 is 23.5 Å². The van der Waals surface area contributed by atoms with Crippen LogP contribution in [0.1, 0.15) is 19.3 Å². The number of nitrogens with one attached hydrogen (secondary N) is 2. The van der Waals surface area contributed by atoms with Gasteiger partial charge >= 0.3 is 0 Å². The number of rotatable bonds is 6. The number of piperidine rings is 1. The zero-order chi connectivity index (χ0) is 15.6. The number of aromatic nitrogens is 1. The highest BCUT2D eigenvalue weighted by molar-refractivity contribution is 7.98. The van der Waals surface area contributed by atoms with Crippen molar-refractivity contribution in [1.29, 1.82) is 0 Å². The van der Waals surface area contributed by atoms with Gasteiger partial charge in [0.15, 0.2) is 5.96 Å². The molecule has 1 aromatic rings. The van der Waals surface area contributed by atoms with Crippen LogP contribution >= 0.6 is 11.8 Å². The molecule has 0 atom stereocenters. The monoisotopic (exact) mass is 321 g/mol. The van der Waals surface area contributed by atoms with Crippen molar-refractivity contribution in [1.82, 2.24) is 15.6 Å². The Bertz CT molecular complexity index is 443. The molecule has 22 heavy (non-hydrogen) atoms. The Kier molecular flexibility index (Phi) is 7.36. The van der Waals surface area contributed by atoms with Crippen LogP contribution in [0.15, 0.2) is 29.4 Å². The van der Waals surface area contributed by atoms with E-state index in [0.29, 0.717) is 6.04 Å². The number of hydrogen-bond acceptors (Lipinski definition) is 4. The van der Waals surface area contributed by atoms with Gasteiger partial charge in [0.1, 0.15) is 5.82 Å². The maximum atomic E-state index is 4.43. The molecule has 1 aliphatic heterocycles. The third-order valence-electron chi connectivity index (χ3n) is 3.85. The van der Waals surface area contributed by atoms with Crippen LogP contribution in [0.25, 0.3) is 0 Å². The normalized spacial score (nSPS) is 16.6. The third-order valence-corrected chi connectivity index (χ3v) is 4.55. The van der Waals surface area contributed by atoms with Crippen molar-refractivity contribution in [2.75, 3.05) is 43.6 Å². The number of anilines is 1. The second-order valence-corrected chi connectivity index (χ2v) is 6.42. The van der Waals surface area contributed by atoms with E-state index in [9.17, 15) is 0 Å². The van der Waals surface area contributed by atoms with Crippen LogP contribution in [0.4, 0.5) is 5.82 Å². The molecule has 0 saturated carbocycles. The van der Waals surface area contributed by atoms with Crippen molar-refractivity contribution in [3.05, 3.63) is 24.4 Å². The summed E-state index contributed by atoms with van der Waals surface area (Å²) in [7, 11) is 1.84. The molecule has 1 saturated heterocycles. The average molecular weight is 321 g/mol. The fraction of sp³-hybridized carbons (Fsp3) is 0.625. The summed E-state index contributed by atoms with van der Waals surface area (Å²) in [5, 5.41) is 6.93. The predicted octanol–water partition coefficient (Wildman–Crippen LogP) is 1.97. The largest absolute Gasteiger partial charge is 0.356 e. The Morgan fingerprint density at radius 3 is 2.86 bits per heavy atom.